The lowest BCUT2D eigenvalue weighted by molar-refractivity contribution is -0.116. The number of rotatable bonds is 7. The molecular weight excluding hydrogens is 382 g/mol. The summed E-state index contributed by atoms with van der Waals surface area (Å²) >= 11 is 1.56. The minimum atomic E-state index is -0.109. The van der Waals surface area contributed by atoms with Crippen LogP contribution >= 0.6 is 11.3 Å². The van der Waals surface area contributed by atoms with Gasteiger partial charge in [-0.1, -0.05) is 30.3 Å². The summed E-state index contributed by atoms with van der Waals surface area (Å²) in [6.07, 6.45) is 6.19. The highest BCUT2D eigenvalue weighted by Crippen LogP contribution is 2.37. The first-order valence-electron chi connectivity index (χ1n) is 9.92. The van der Waals surface area contributed by atoms with Crippen LogP contribution in [-0.4, -0.2) is 12.5 Å². The lowest BCUT2D eigenvalue weighted by Gasteiger charge is -2.17. The SMILES string of the molecule is N#Cc1c(NC(=O)CCN[C@@H](c2ccccc2)c2ccco2)sc2c1CCCC2. The van der Waals surface area contributed by atoms with Gasteiger partial charge in [-0.3, -0.25) is 4.79 Å². The molecule has 0 saturated heterocycles. The van der Waals surface area contributed by atoms with E-state index in [1.807, 2.05) is 42.5 Å². The molecule has 0 aliphatic heterocycles. The number of nitrogens with zero attached hydrogens (tertiary/aromatic N) is 1. The van der Waals surface area contributed by atoms with Gasteiger partial charge in [0.05, 0.1) is 17.9 Å². The quantitative estimate of drug-likeness (QED) is 0.592. The Morgan fingerprint density at radius 2 is 2.00 bits per heavy atom. The fourth-order valence-corrected chi connectivity index (χ4v) is 5.03. The molecule has 0 fully saturated rings. The lowest BCUT2D eigenvalue weighted by Crippen LogP contribution is -2.26. The Hall–Kier alpha value is -2.88. The zero-order valence-corrected chi connectivity index (χ0v) is 16.9. The fourth-order valence-electron chi connectivity index (χ4n) is 3.78. The second-order valence-electron chi connectivity index (χ2n) is 7.14. The van der Waals surface area contributed by atoms with E-state index in [4.69, 9.17) is 4.42 Å². The molecule has 2 N–H and O–H groups in total. The van der Waals surface area contributed by atoms with Gasteiger partial charge in [-0.15, -0.1) is 11.3 Å². The largest absolute Gasteiger partial charge is 0.467 e. The molecule has 0 radical (unpaired) electrons. The first-order chi connectivity index (χ1) is 14.3. The van der Waals surface area contributed by atoms with Crippen molar-refractivity contribution in [2.45, 2.75) is 38.1 Å². The number of carbonyl (C=O) groups excluding carboxylic acids is 1. The maximum absolute atomic E-state index is 12.5. The van der Waals surface area contributed by atoms with Gasteiger partial charge in [0.1, 0.15) is 16.8 Å². The molecule has 3 aromatic rings. The normalized spacial score (nSPS) is 14.0. The number of furan rings is 1. The molecule has 4 rings (SSSR count). The average molecular weight is 406 g/mol. The van der Waals surface area contributed by atoms with Crippen LogP contribution < -0.4 is 10.6 Å². The molecule has 1 atom stereocenters. The van der Waals surface area contributed by atoms with Crippen LogP contribution in [0.3, 0.4) is 0 Å². The van der Waals surface area contributed by atoms with E-state index in [0.717, 1.165) is 42.6 Å². The van der Waals surface area contributed by atoms with E-state index < -0.39 is 0 Å². The van der Waals surface area contributed by atoms with Crippen molar-refractivity contribution in [2.75, 3.05) is 11.9 Å². The standard InChI is InChI=1S/C23H23N3O2S/c24-15-18-17-9-4-5-11-20(17)29-23(18)26-21(27)12-13-25-22(19-10-6-14-28-19)16-7-2-1-3-8-16/h1-3,6-8,10,14,22,25H,4-5,9,11-13H2,(H,26,27)/t22-/m0/s1. The van der Waals surface area contributed by atoms with Crippen molar-refractivity contribution in [3.05, 3.63) is 76.1 Å². The van der Waals surface area contributed by atoms with Gasteiger partial charge in [-0.25, -0.2) is 0 Å². The second-order valence-corrected chi connectivity index (χ2v) is 8.24. The van der Waals surface area contributed by atoms with Gasteiger partial charge in [0.15, 0.2) is 0 Å². The van der Waals surface area contributed by atoms with Crippen molar-refractivity contribution in [1.29, 1.82) is 5.26 Å². The average Bonchev–Trinajstić information content (AvgIpc) is 3.39. The van der Waals surface area contributed by atoms with Gasteiger partial charge in [-0.05, 0) is 48.9 Å². The molecule has 1 aliphatic rings. The number of hydrogen-bond acceptors (Lipinski definition) is 5. The summed E-state index contributed by atoms with van der Waals surface area (Å²) in [5.41, 5.74) is 2.88. The Morgan fingerprint density at radius 1 is 1.17 bits per heavy atom. The third kappa shape index (κ3) is 4.42. The number of nitriles is 1. The maximum atomic E-state index is 12.5. The highest BCUT2D eigenvalue weighted by Gasteiger charge is 2.22. The van der Waals surface area contributed by atoms with Gasteiger partial charge in [0, 0.05) is 17.8 Å². The summed E-state index contributed by atoms with van der Waals surface area (Å²) in [5.74, 6) is 0.730. The Balaban J connectivity index is 1.38. The molecular formula is C23H23N3O2S. The van der Waals surface area contributed by atoms with Crippen LogP contribution in [0.1, 0.15) is 52.6 Å². The van der Waals surface area contributed by atoms with Crippen molar-refractivity contribution in [2.24, 2.45) is 0 Å². The molecule has 1 amide bonds. The van der Waals surface area contributed by atoms with Crippen LogP contribution in [0, 0.1) is 11.3 Å². The predicted octanol–water partition coefficient (Wildman–Crippen LogP) is 4.80. The van der Waals surface area contributed by atoms with Crippen LogP contribution in [0.2, 0.25) is 0 Å². The molecule has 2 aromatic heterocycles. The summed E-state index contributed by atoms with van der Waals surface area (Å²) in [6, 6.07) is 16.0. The fraction of sp³-hybridized carbons (Fsp3) is 0.304. The highest BCUT2D eigenvalue weighted by molar-refractivity contribution is 7.16. The molecule has 0 unspecified atom stereocenters. The molecule has 0 bridgehead atoms. The summed E-state index contributed by atoms with van der Waals surface area (Å²) in [5, 5.41) is 16.6. The molecule has 5 nitrogen and oxygen atoms in total. The van der Waals surface area contributed by atoms with Crippen molar-refractivity contribution in [3.8, 4) is 6.07 Å². The number of aryl methyl sites for hydroxylation is 1. The zero-order valence-electron chi connectivity index (χ0n) is 16.1. The maximum Gasteiger partial charge on any atom is 0.226 e. The lowest BCUT2D eigenvalue weighted by atomic mass is 9.96. The summed E-state index contributed by atoms with van der Waals surface area (Å²) in [7, 11) is 0. The summed E-state index contributed by atoms with van der Waals surface area (Å²) in [6.45, 7) is 0.499. The van der Waals surface area contributed by atoms with Crippen molar-refractivity contribution in [1.82, 2.24) is 5.32 Å². The van der Waals surface area contributed by atoms with Crippen LogP contribution in [0.5, 0.6) is 0 Å². The van der Waals surface area contributed by atoms with E-state index in [9.17, 15) is 10.1 Å². The molecule has 1 aromatic carbocycles. The number of nitrogens with one attached hydrogen (secondary N) is 2. The van der Waals surface area contributed by atoms with Gasteiger partial charge < -0.3 is 15.1 Å². The second kappa shape index (κ2) is 9.08. The molecule has 29 heavy (non-hydrogen) atoms. The number of amides is 1. The molecule has 6 heteroatoms. The van der Waals surface area contributed by atoms with Crippen LogP contribution in [-0.2, 0) is 17.6 Å². The van der Waals surface area contributed by atoms with E-state index >= 15 is 0 Å². The monoisotopic (exact) mass is 405 g/mol. The smallest absolute Gasteiger partial charge is 0.226 e. The zero-order chi connectivity index (χ0) is 20.1. The van der Waals surface area contributed by atoms with E-state index in [1.165, 1.54) is 4.88 Å². The van der Waals surface area contributed by atoms with Crippen LogP contribution in [0.25, 0.3) is 0 Å². The number of hydrogen-bond donors (Lipinski definition) is 2. The Morgan fingerprint density at radius 3 is 2.76 bits per heavy atom. The Kier molecular flexibility index (Phi) is 6.09. The highest BCUT2D eigenvalue weighted by atomic mass is 32.1. The summed E-state index contributed by atoms with van der Waals surface area (Å²) < 4.78 is 5.58. The number of benzene rings is 1. The number of carbonyl (C=O) groups is 1. The van der Waals surface area contributed by atoms with E-state index in [0.29, 0.717) is 23.5 Å². The number of thiophene rings is 1. The Bertz CT molecular complexity index is 1000. The van der Waals surface area contributed by atoms with Crippen molar-refractivity contribution < 1.29 is 9.21 Å². The summed E-state index contributed by atoms with van der Waals surface area (Å²) in [4.78, 5) is 13.8. The predicted molar refractivity (Wildman–Crippen MR) is 114 cm³/mol. The number of anilines is 1. The first-order valence-corrected chi connectivity index (χ1v) is 10.7. The minimum Gasteiger partial charge on any atom is -0.467 e. The van der Waals surface area contributed by atoms with Gasteiger partial charge in [0.25, 0.3) is 0 Å². The van der Waals surface area contributed by atoms with E-state index in [1.54, 1.807) is 17.6 Å². The van der Waals surface area contributed by atoms with Crippen LogP contribution in [0.15, 0.2) is 53.1 Å². The third-order valence-electron chi connectivity index (χ3n) is 5.20. The first kappa shape index (κ1) is 19.4. The van der Waals surface area contributed by atoms with Crippen LogP contribution in [0.4, 0.5) is 5.00 Å². The Labute approximate surface area is 174 Å². The molecule has 2 heterocycles. The third-order valence-corrected chi connectivity index (χ3v) is 6.40. The molecule has 1 aliphatic carbocycles. The number of fused-ring (bicyclic) bond motifs is 1. The molecule has 148 valence electrons. The van der Waals surface area contributed by atoms with Crippen molar-refractivity contribution in [3.63, 3.8) is 0 Å². The van der Waals surface area contributed by atoms with Gasteiger partial charge in [-0.2, -0.15) is 5.26 Å². The molecule has 0 spiro atoms. The minimum absolute atomic E-state index is 0.0844. The topological polar surface area (TPSA) is 78.1 Å². The van der Waals surface area contributed by atoms with E-state index in [2.05, 4.69) is 16.7 Å². The van der Waals surface area contributed by atoms with Gasteiger partial charge >= 0.3 is 0 Å². The van der Waals surface area contributed by atoms with Gasteiger partial charge in [0.2, 0.25) is 5.91 Å². The molecule has 0 saturated carbocycles. The van der Waals surface area contributed by atoms with Crippen molar-refractivity contribution >= 4 is 22.2 Å². The van der Waals surface area contributed by atoms with E-state index in [-0.39, 0.29) is 11.9 Å².